The van der Waals surface area contributed by atoms with Gasteiger partial charge in [0.05, 0.1) is 11.7 Å². The molecule has 3 atom stereocenters. The van der Waals surface area contributed by atoms with Crippen LogP contribution >= 0.6 is 0 Å². The molecule has 17 heavy (non-hydrogen) atoms. The normalized spacial score (nSPS) is 28.0. The highest BCUT2D eigenvalue weighted by Gasteiger charge is 2.33. The van der Waals surface area contributed by atoms with Crippen molar-refractivity contribution >= 4 is 5.97 Å². The second kappa shape index (κ2) is 5.27. The van der Waals surface area contributed by atoms with Crippen molar-refractivity contribution in [2.75, 3.05) is 6.61 Å². The van der Waals surface area contributed by atoms with E-state index >= 15 is 0 Å². The molecule has 1 heterocycles. The Morgan fingerprint density at radius 1 is 1.35 bits per heavy atom. The Hall–Kier alpha value is -1.43. The van der Waals surface area contributed by atoms with Crippen LogP contribution in [0.5, 0.6) is 0 Å². The first kappa shape index (κ1) is 12.0. The van der Waals surface area contributed by atoms with Gasteiger partial charge in [-0.1, -0.05) is 18.2 Å². The van der Waals surface area contributed by atoms with E-state index in [1.165, 1.54) is 0 Å². The van der Waals surface area contributed by atoms with Gasteiger partial charge in [-0.25, -0.2) is 4.79 Å². The van der Waals surface area contributed by atoms with Gasteiger partial charge in [-0.2, -0.15) is 0 Å². The van der Waals surface area contributed by atoms with Crippen molar-refractivity contribution in [3.8, 4) is 0 Å². The van der Waals surface area contributed by atoms with E-state index in [2.05, 4.69) is 0 Å². The number of benzene rings is 1. The molecule has 5 nitrogen and oxygen atoms in total. The number of aliphatic hydroxyl groups excluding tert-OH is 2. The Kier molecular flexibility index (Phi) is 3.73. The predicted molar refractivity (Wildman–Crippen MR) is 58.2 cm³/mol. The van der Waals surface area contributed by atoms with Crippen molar-refractivity contribution in [1.29, 1.82) is 0 Å². The fraction of sp³-hybridized carbons (Fsp3) is 0.417. The third-order valence-electron chi connectivity index (χ3n) is 2.58. The lowest BCUT2D eigenvalue weighted by molar-refractivity contribution is -0.133. The van der Waals surface area contributed by atoms with E-state index in [0.29, 0.717) is 5.56 Å². The molecule has 1 aliphatic heterocycles. The van der Waals surface area contributed by atoms with Crippen LogP contribution in [0.2, 0.25) is 0 Å². The van der Waals surface area contributed by atoms with Crippen LogP contribution in [-0.2, 0) is 9.47 Å². The summed E-state index contributed by atoms with van der Waals surface area (Å²) in [7, 11) is 0. The van der Waals surface area contributed by atoms with Gasteiger partial charge in [0.25, 0.3) is 0 Å². The van der Waals surface area contributed by atoms with Crippen LogP contribution in [0.1, 0.15) is 16.8 Å². The minimum atomic E-state index is -1.18. The lowest BCUT2D eigenvalue weighted by atomic mass is 10.2. The number of aliphatic hydroxyl groups is 2. The SMILES string of the molecule is O=C(OC[C@@H]1CC(O)C(O)O1)c1ccccc1. The zero-order valence-corrected chi connectivity index (χ0v) is 9.15. The van der Waals surface area contributed by atoms with Crippen molar-refractivity contribution in [2.45, 2.75) is 24.9 Å². The molecule has 1 fully saturated rings. The largest absolute Gasteiger partial charge is 0.459 e. The van der Waals surface area contributed by atoms with Crippen LogP contribution in [-0.4, -0.2) is 41.3 Å². The van der Waals surface area contributed by atoms with Crippen molar-refractivity contribution < 1.29 is 24.5 Å². The molecule has 1 aromatic carbocycles. The van der Waals surface area contributed by atoms with Gasteiger partial charge in [-0.05, 0) is 12.1 Å². The fourth-order valence-electron chi connectivity index (χ4n) is 1.66. The van der Waals surface area contributed by atoms with Crippen LogP contribution in [0.15, 0.2) is 30.3 Å². The third-order valence-corrected chi connectivity index (χ3v) is 2.58. The molecule has 2 unspecified atom stereocenters. The summed E-state index contributed by atoms with van der Waals surface area (Å²) in [5, 5.41) is 18.4. The maximum absolute atomic E-state index is 11.6. The Bertz CT molecular complexity index is 368. The Morgan fingerprint density at radius 2 is 2.06 bits per heavy atom. The first-order valence-corrected chi connectivity index (χ1v) is 5.40. The van der Waals surface area contributed by atoms with Gasteiger partial charge in [0.2, 0.25) is 0 Å². The second-order valence-corrected chi connectivity index (χ2v) is 3.92. The summed E-state index contributed by atoms with van der Waals surface area (Å²) in [4.78, 5) is 11.6. The molecule has 2 rings (SSSR count). The number of carbonyl (C=O) groups is 1. The molecule has 0 bridgehead atoms. The molecule has 0 spiro atoms. The van der Waals surface area contributed by atoms with E-state index in [4.69, 9.17) is 14.6 Å². The molecular formula is C12H14O5. The van der Waals surface area contributed by atoms with Crippen LogP contribution in [0, 0.1) is 0 Å². The summed E-state index contributed by atoms with van der Waals surface area (Å²) in [6, 6.07) is 8.61. The molecular weight excluding hydrogens is 224 g/mol. The van der Waals surface area contributed by atoms with E-state index in [-0.39, 0.29) is 13.0 Å². The van der Waals surface area contributed by atoms with Gasteiger partial charge in [-0.3, -0.25) is 0 Å². The number of esters is 1. The number of hydrogen-bond acceptors (Lipinski definition) is 5. The number of hydrogen-bond donors (Lipinski definition) is 2. The topological polar surface area (TPSA) is 76.0 Å². The van der Waals surface area contributed by atoms with Crippen LogP contribution < -0.4 is 0 Å². The highest BCUT2D eigenvalue weighted by atomic mass is 16.6. The zero-order chi connectivity index (χ0) is 12.3. The van der Waals surface area contributed by atoms with Crippen molar-refractivity contribution in [3.05, 3.63) is 35.9 Å². The predicted octanol–water partition coefficient (Wildman–Crippen LogP) is 0.312. The minimum absolute atomic E-state index is 0.0296. The lowest BCUT2D eigenvalue weighted by Crippen LogP contribution is -2.20. The maximum Gasteiger partial charge on any atom is 0.338 e. The number of carbonyl (C=O) groups excluding carboxylic acids is 1. The average Bonchev–Trinajstić information content (AvgIpc) is 2.67. The Labute approximate surface area is 98.6 Å². The molecule has 0 aliphatic carbocycles. The summed E-state index contributed by atoms with van der Waals surface area (Å²) >= 11 is 0. The van der Waals surface area contributed by atoms with Crippen LogP contribution in [0.3, 0.4) is 0 Å². The van der Waals surface area contributed by atoms with E-state index in [9.17, 15) is 9.90 Å². The second-order valence-electron chi connectivity index (χ2n) is 3.92. The Morgan fingerprint density at radius 3 is 2.65 bits per heavy atom. The van der Waals surface area contributed by atoms with Crippen LogP contribution in [0.4, 0.5) is 0 Å². The first-order chi connectivity index (χ1) is 8.16. The fourth-order valence-corrected chi connectivity index (χ4v) is 1.66. The standard InChI is InChI=1S/C12H14O5/c13-10-6-9(17-12(10)15)7-16-11(14)8-4-2-1-3-5-8/h1-5,9-10,12-13,15H,6-7H2/t9-,10?,12?/m0/s1. The van der Waals surface area contributed by atoms with Gasteiger partial charge < -0.3 is 19.7 Å². The van der Waals surface area contributed by atoms with Gasteiger partial charge in [0.1, 0.15) is 12.7 Å². The Balaban J connectivity index is 1.81. The summed E-state index contributed by atoms with van der Waals surface area (Å²) < 4.78 is 10.0. The van der Waals surface area contributed by atoms with E-state index in [0.717, 1.165) is 0 Å². The van der Waals surface area contributed by atoms with Crippen molar-refractivity contribution in [3.63, 3.8) is 0 Å². The summed E-state index contributed by atoms with van der Waals surface area (Å²) in [6.45, 7) is 0.0296. The van der Waals surface area contributed by atoms with Crippen molar-refractivity contribution in [1.82, 2.24) is 0 Å². The maximum atomic E-state index is 11.6. The monoisotopic (exact) mass is 238 g/mol. The molecule has 0 radical (unpaired) electrons. The lowest BCUT2D eigenvalue weighted by Gasteiger charge is -2.10. The van der Waals surface area contributed by atoms with E-state index in [1.807, 2.05) is 6.07 Å². The molecule has 5 heteroatoms. The molecule has 1 saturated heterocycles. The van der Waals surface area contributed by atoms with E-state index in [1.54, 1.807) is 24.3 Å². The van der Waals surface area contributed by atoms with Gasteiger partial charge in [-0.15, -0.1) is 0 Å². The molecule has 0 amide bonds. The summed E-state index contributed by atoms with van der Waals surface area (Å²) in [6.07, 6.45) is -2.28. The smallest absolute Gasteiger partial charge is 0.338 e. The highest BCUT2D eigenvalue weighted by Crippen LogP contribution is 2.19. The molecule has 1 aromatic rings. The minimum Gasteiger partial charge on any atom is -0.459 e. The highest BCUT2D eigenvalue weighted by molar-refractivity contribution is 5.89. The summed E-state index contributed by atoms with van der Waals surface area (Å²) in [5.74, 6) is -0.440. The molecule has 0 aromatic heterocycles. The number of rotatable bonds is 3. The zero-order valence-electron chi connectivity index (χ0n) is 9.15. The average molecular weight is 238 g/mol. The van der Waals surface area contributed by atoms with Crippen molar-refractivity contribution in [2.24, 2.45) is 0 Å². The quantitative estimate of drug-likeness (QED) is 0.741. The summed E-state index contributed by atoms with van der Waals surface area (Å²) in [5.41, 5.74) is 0.464. The van der Waals surface area contributed by atoms with Crippen LogP contribution in [0.25, 0.3) is 0 Å². The molecule has 2 N–H and O–H groups in total. The first-order valence-electron chi connectivity index (χ1n) is 5.40. The third kappa shape index (κ3) is 3.03. The van der Waals surface area contributed by atoms with Gasteiger partial charge in [0.15, 0.2) is 6.29 Å². The molecule has 92 valence electrons. The van der Waals surface area contributed by atoms with Gasteiger partial charge >= 0.3 is 5.97 Å². The molecule has 1 aliphatic rings. The van der Waals surface area contributed by atoms with E-state index < -0.39 is 24.5 Å². The van der Waals surface area contributed by atoms with Gasteiger partial charge in [0, 0.05) is 6.42 Å². The molecule has 0 saturated carbocycles. The number of ether oxygens (including phenoxy) is 2.